The molecule has 4 nitrogen and oxygen atoms in total. The Balaban J connectivity index is 1.82. The molecule has 0 aliphatic rings. The molecular formula is C19H23NO3. The molecule has 4 heteroatoms. The van der Waals surface area contributed by atoms with Crippen molar-refractivity contribution in [3.8, 4) is 11.5 Å². The fourth-order valence-corrected chi connectivity index (χ4v) is 2.39. The van der Waals surface area contributed by atoms with Crippen LogP contribution >= 0.6 is 0 Å². The van der Waals surface area contributed by atoms with Crippen LogP contribution in [-0.4, -0.2) is 25.1 Å². The SMILES string of the molecule is COc1ccc(CCC(CCc2ccc(OC)cc2)=NO)cc1. The van der Waals surface area contributed by atoms with E-state index in [0.717, 1.165) is 42.9 Å². The summed E-state index contributed by atoms with van der Waals surface area (Å²) < 4.78 is 10.3. The smallest absolute Gasteiger partial charge is 0.118 e. The predicted molar refractivity (Wildman–Crippen MR) is 91.9 cm³/mol. The van der Waals surface area contributed by atoms with Gasteiger partial charge in [0.2, 0.25) is 0 Å². The van der Waals surface area contributed by atoms with Crippen molar-refractivity contribution >= 4 is 5.71 Å². The molecule has 0 unspecified atom stereocenters. The van der Waals surface area contributed by atoms with Gasteiger partial charge in [-0.15, -0.1) is 0 Å². The third-order valence-corrected chi connectivity index (χ3v) is 3.86. The van der Waals surface area contributed by atoms with Gasteiger partial charge < -0.3 is 14.7 Å². The minimum Gasteiger partial charge on any atom is -0.497 e. The summed E-state index contributed by atoms with van der Waals surface area (Å²) in [6.45, 7) is 0. The van der Waals surface area contributed by atoms with Gasteiger partial charge in [-0.25, -0.2) is 0 Å². The largest absolute Gasteiger partial charge is 0.497 e. The molecule has 0 amide bonds. The lowest BCUT2D eigenvalue weighted by Gasteiger charge is -2.07. The summed E-state index contributed by atoms with van der Waals surface area (Å²) in [7, 11) is 3.31. The molecule has 2 aromatic rings. The molecular weight excluding hydrogens is 290 g/mol. The molecule has 0 aliphatic heterocycles. The predicted octanol–water partition coefficient (Wildman–Crippen LogP) is 4.10. The molecule has 0 spiro atoms. The summed E-state index contributed by atoms with van der Waals surface area (Å²) in [5.41, 5.74) is 3.23. The Labute approximate surface area is 137 Å². The van der Waals surface area contributed by atoms with Crippen molar-refractivity contribution in [1.29, 1.82) is 0 Å². The lowest BCUT2D eigenvalue weighted by molar-refractivity contribution is 0.316. The molecule has 1 N–H and O–H groups in total. The van der Waals surface area contributed by atoms with E-state index in [-0.39, 0.29) is 0 Å². The minimum absolute atomic E-state index is 0.749. The van der Waals surface area contributed by atoms with Crippen LogP contribution in [-0.2, 0) is 12.8 Å². The van der Waals surface area contributed by atoms with E-state index in [1.54, 1.807) is 14.2 Å². The lowest BCUT2D eigenvalue weighted by atomic mass is 10.0. The second-order valence-corrected chi connectivity index (χ2v) is 5.36. The third kappa shape index (κ3) is 5.33. The third-order valence-electron chi connectivity index (χ3n) is 3.86. The molecule has 0 fully saturated rings. The Kier molecular flexibility index (Phi) is 6.48. The van der Waals surface area contributed by atoms with E-state index >= 15 is 0 Å². The first-order chi connectivity index (χ1) is 11.2. The van der Waals surface area contributed by atoms with Crippen LogP contribution in [0.1, 0.15) is 24.0 Å². The van der Waals surface area contributed by atoms with Gasteiger partial charge in [-0.05, 0) is 61.1 Å². The summed E-state index contributed by atoms with van der Waals surface area (Å²) in [5.74, 6) is 1.70. The highest BCUT2D eigenvalue weighted by Crippen LogP contribution is 2.15. The maximum atomic E-state index is 9.19. The Morgan fingerprint density at radius 1 is 0.783 bits per heavy atom. The standard InChI is InChI=1S/C19H23NO3/c1-22-18-11-5-15(6-12-18)3-9-17(20-21)10-4-16-7-13-19(23-2)14-8-16/h5-8,11-14,21H,3-4,9-10H2,1-2H3. The topological polar surface area (TPSA) is 51.0 Å². The second kappa shape index (κ2) is 8.83. The fourth-order valence-electron chi connectivity index (χ4n) is 2.39. The van der Waals surface area contributed by atoms with Gasteiger partial charge in [0.1, 0.15) is 11.5 Å². The first-order valence-electron chi connectivity index (χ1n) is 7.71. The van der Waals surface area contributed by atoms with Gasteiger partial charge in [-0.3, -0.25) is 0 Å². The first kappa shape index (κ1) is 16.9. The molecule has 0 bridgehead atoms. The zero-order valence-electron chi connectivity index (χ0n) is 13.7. The number of aryl methyl sites for hydroxylation is 2. The molecule has 2 aromatic carbocycles. The quantitative estimate of drug-likeness (QED) is 0.453. The maximum absolute atomic E-state index is 9.19. The molecule has 122 valence electrons. The molecule has 0 radical (unpaired) electrons. The molecule has 0 atom stereocenters. The summed E-state index contributed by atoms with van der Waals surface area (Å²) in [6.07, 6.45) is 3.20. The van der Waals surface area contributed by atoms with Crippen LogP contribution in [0.5, 0.6) is 11.5 Å². The Morgan fingerprint density at radius 3 is 1.48 bits per heavy atom. The van der Waals surface area contributed by atoms with Crippen LogP contribution in [0.4, 0.5) is 0 Å². The summed E-state index contributed by atoms with van der Waals surface area (Å²) in [4.78, 5) is 0. The van der Waals surface area contributed by atoms with Gasteiger partial charge in [0.05, 0.1) is 19.9 Å². The average Bonchev–Trinajstić information content (AvgIpc) is 2.62. The number of oxime groups is 1. The first-order valence-corrected chi connectivity index (χ1v) is 7.71. The number of hydrogen-bond acceptors (Lipinski definition) is 4. The van der Waals surface area contributed by atoms with E-state index in [1.165, 1.54) is 11.1 Å². The Bertz CT molecular complexity index is 565. The van der Waals surface area contributed by atoms with E-state index in [2.05, 4.69) is 5.16 Å². The zero-order chi connectivity index (χ0) is 16.5. The van der Waals surface area contributed by atoms with Crippen molar-refractivity contribution in [2.24, 2.45) is 5.16 Å². The van der Waals surface area contributed by atoms with Crippen LogP contribution in [0.15, 0.2) is 53.7 Å². The van der Waals surface area contributed by atoms with E-state index in [4.69, 9.17) is 9.47 Å². The Hall–Kier alpha value is -2.49. The van der Waals surface area contributed by atoms with Gasteiger partial charge in [0.15, 0.2) is 0 Å². The van der Waals surface area contributed by atoms with Crippen LogP contribution < -0.4 is 9.47 Å². The molecule has 0 aliphatic carbocycles. The molecule has 0 saturated heterocycles. The monoisotopic (exact) mass is 313 g/mol. The van der Waals surface area contributed by atoms with Gasteiger partial charge >= 0.3 is 0 Å². The number of methoxy groups -OCH3 is 2. The molecule has 0 heterocycles. The molecule has 2 rings (SSSR count). The number of rotatable bonds is 8. The van der Waals surface area contributed by atoms with Crippen LogP contribution in [0, 0.1) is 0 Å². The van der Waals surface area contributed by atoms with Crippen LogP contribution in [0.25, 0.3) is 0 Å². The van der Waals surface area contributed by atoms with Crippen molar-refractivity contribution in [2.75, 3.05) is 14.2 Å². The van der Waals surface area contributed by atoms with E-state index in [0.29, 0.717) is 0 Å². The molecule has 0 saturated carbocycles. The van der Waals surface area contributed by atoms with Crippen LogP contribution in [0.3, 0.4) is 0 Å². The maximum Gasteiger partial charge on any atom is 0.118 e. The van der Waals surface area contributed by atoms with E-state index in [1.807, 2.05) is 48.5 Å². The lowest BCUT2D eigenvalue weighted by Crippen LogP contribution is -2.03. The molecule has 0 aromatic heterocycles. The fraction of sp³-hybridized carbons (Fsp3) is 0.316. The minimum atomic E-state index is 0.749. The summed E-state index contributed by atoms with van der Waals surface area (Å²) in [6, 6.07) is 15.9. The highest BCUT2D eigenvalue weighted by Gasteiger charge is 2.04. The highest BCUT2D eigenvalue weighted by molar-refractivity contribution is 5.84. The number of hydrogen-bond donors (Lipinski definition) is 1. The van der Waals surface area contributed by atoms with Crippen molar-refractivity contribution in [2.45, 2.75) is 25.7 Å². The van der Waals surface area contributed by atoms with E-state index < -0.39 is 0 Å². The van der Waals surface area contributed by atoms with Crippen LogP contribution in [0.2, 0.25) is 0 Å². The van der Waals surface area contributed by atoms with Gasteiger partial charge in [-0.2, -0.15) is 0 Å². The van der Waals surface area contributed by atoms with Crippen molar-refractivity contribution < 1.29 is 14.7 Å². The van der Waals surface area contributed by atoms with Crippen molar-refractivity contribution in [3.63, 3.8) is 0 Å². The number of nitrogens with zero attached hydrogens (tertiary/aromatic N) is 1. The van der Waals surface area contributed by atoms with Gasteiger partial charge in [0.25, 0.3) is 0 Å². The highest BCUT2D eigenvalue weighted by atomic mass is 16.5. The second-order valence-electron chi connectivity index (χ2n) is 5.36. The van der Waals surface area contributed by atoms with Gasteiger partial charge in [0, 0.05) is 0 Å². The Morgan fingerprint density at radius 2 is 1.17 bits per heavy atom. The summed E-state index contributed by atoms with van der Waals surface area (Å²) >= 11 is 0. The van der Waals surface area contributed by atoms with E-state index in [9.17, 15) is 5.21 Å². The van der Waals surface area contributed by atoms with Crippen molar-refractivity contribution in [1.82, 2.24) is 0 Å². The number of benzene rings is 2. The normalized spacial score (nSPS) is 10.2. The van der Waals surface area contributed by atoms with Crippen molar-refractivity contribution in [3.05, 3.63) is 59.7 Å². The zero-order valence-corrected chi connectivity index (χ0v) is 13.7. The summed E-state index contributed by atoms with van der Waals surface area (Å²) in [5, 5.41) is 12.6. The number of ether oxygens (including phenoxy) is 2. The van der Waals surface area contributed by atoms with Gasteiger partial charge in [-0.1, -0.05) is 29.4 Å². The molecule has 23 heavy (non-hydrogen) atoms. The average molecular weight is 313 g/mol.